The predicted molar refractivity (Wildman–Crippen MR) is 149 cm³/mol. The van der Waals surface area contributed by atoms with Gasteiger partial charge in [-0.25, -0.2) is 0 Å². The molecule has 0 fully saturated rings. The molecular formula is C33H25N. The van der Waals surface area contributed by atoms with E-state index in [0.29, 0.717) is 0 Å². The molecule has 1 aromatic heterocycles. The number of allylic oxidation sites excluding steroid dienone is 1. The summed E-state index contributed by atoms with van der Waals surface area (Å²) in [5.74, 6) is 0. The van der Waals surface area contributed by atoms with Crippen LogP contribution in [-0.4, -0.2) is 4.57 Å². The Kier molecular flexibility index (Phi) is 4.89. The van der Waals surface area contributed by atoms with Gasteiger partial charge in [-0.05, 0) is 58.7 Å². The molecule has 1 heteroatoms. The van der Waals surface area contributed by atoms with Crippen molar-refractivity contribution in [3.8, 4) is 16.8 Å². The van der Waals surface area contributed by atoms with Crippen molar-refractivity contribution in [1.82, 2.24) is 4.57 Å². The van der Waals surface area contributed by atoms with Crippen LogP contribution >= 0.6 is 0 Å². The first kappa shape index (κ1) is 20.3. The van der Waals surface area contributed by atoms with Crippen LogP contribution in [0.25, 0.3) is 61.5 Å². The second-order valence-electron chi connectivity index (χ2n) is 8.57. The number of rotatable bonds is 4. The van der Waals surface area contributed by atoms with Crippen LogP contribution in [0.5, 0.6) is 0 Å². The fourth-order valence-corrected chi connectivity index (χ4v) is 5.28. The molecule has 0 N–H and O–H groups in total. The topological polar surface area (TPSA) is 4.93 Å². The minimum Gasteiger partial charge on any atom is -0.309 e. The molecule has 0 aliphatic carbocycles. The zero-order chi connectivity index (χ0) is 23.1. The summed E-state index contributed by atoms with van der Waals surface area (Å²) >= 11 is 0. The van der Waals surface area contributed by atoms with Gasteiger partial charge in [0, 0.05) is 22.0 Å². The number of fused-ring (bicyclic) bond motifs is 4. The van der Waals surface area contributed by atoms with Gasteiger partial charge in [0.05, 0.1) is 11.0 Å². The first-order chi connectivity index (χ1) is 16.8. The van der Waals surface area contributed by atoms with E-state index in [4.69, 9.17) is 0 Å². The van der Waals surface area contributed by atoms with E-state index in [2.05, 4.69) is 133 Å². The van der Waals surface area contributed by atoms with Crippen LogP contribution in [0.2, 0.25) is 0 Å². The monoisotopic (exact) mass is 435 g/mol. The standard InChI is InChI=1S/C33H25N/c1-3-13-23-22-24-14-8-9-17-27(24)32(26(23)4-2)30-20-12-19-29-28-18-10-11-21-31(28)34(33(29)30)25-15-6-5-7-16-25/h3-22H,2H2,1H3/b13-3-. The highest BCUT2D eigenvalue weighted by molar-refractivity contribution is 6.17. The highest BCUT2D eigenvalue weighted by atomic mass is 15.0. The van der Waals surface area contributed by atoms with Crippen molar-refractivity contribution in [2.75, 3.05) is 0 Å². The Hall–Kier alpha value is -4.36. The van der Waals surface area contributed by atoms with E-state index in [0.717, 1.165) is 11.3 Å². The number of benzene rings is 5. The zero-order valence-corrected chi connectivity index (χ0v) is 19.2. The summed E-state index contributed by atoms with van der Waals surface area (Å²) in [6.45, 7) is 6.29. The fourth-order valence-electron chi connectivity index (χ4n) is 5.28. The second kappa shape index (κ2) is 8.20. The maximum absolute atomic E-state index is 4.23. The summed E-state index contributed by atoms with van der Waals surface area (Å²) in [5, 5.41) is 4.99. The molecule has 0 bridgehead atoms. The summed E-state index contributed by atoms with van der Waals surface area (Å²) in [4.78, 5) is 0. The van der Waals surface area contributed by atoms with Crippen LogP contribution in [0, 0.1) is 0 Å². The molecule has 0 aliphatic heterocycles. The summed E-state index contributed by atoms with van der Waals surface area (Å²) in [6.07, 6.45) is 6.29. The van der Waals surface area contributed by atoms with Gasteiger partial charge in [0.15, 0.2) is 0 Å². The second-order valence-corrected chi connectivity index (χ2v) is 8.57. The molecule has 0 amide bonds. The van der Waals surface area contributed by atoms with Crippen LogP contribution in [0.1, 0.15) is 18.1 Å². The minimum absolute atomic E-state index is 1.16. The molecule has 1 nitrogen and oxygen atoms in total. The van der Waals surface area contributed by atoms with Gasteiger partial charge in [-0.2, -0.15) is 0 Å². The first-order valence-corrected chi connectivity index (χ1v) is 11.7. The van der Waals surface area contributed by atoms with Gasteiger partial charge in [-0.3, -0.25) is 0 Å². The molecule has 34 heavy (non-hydrogen) atoms. The average Bonchev–Trinajstić information content (AvgIpc) is 3.23. The normalized spacial score (nSPS) is 11.7. The lowest BCUT2D eigenvalue weighted by Crippen LogP contribution is -1.97. The number of para-hydroxylation sites is 3. The predicted octanol–water partition coefficient (Wildman–Crippen LogP) is 9.28. The Morgan fingerprint density at radius 1 is 0.706 bits per heavy atom. The number of hydrogen-bond acceptors (Lipinski definition) is 0. The number of aromatic nitrogens is 1. The molecule has 0 spiro atoms. The molecule has 162 valence electrons. The minimum atomic E-state index is 1.16. The van der Waals surface area contributed by atoms with E-state index in [9.17, 15) is 0 Å². The molecule has 6 rings (SSSR count). The molecule has 0 radical (unpaired) electrons. The van der Waals surface area contributed by atoms with E-state index in [-0.39, 0.29) is 0 Å². The molecule has 0 unspecified atom stereocenters. The van der Waals surface area contributed by atoms with Crippen LogP contribution in [-0.2, 0) is 0 Å². The molecule has 0 saturated carbocycles. The molecule has 0 atom stereocenters. The van der Waals surface area contributed by atoms with Crippen LogP contribution in [0.3, 0.4) is 0 Å². The van der Waals surface area contributed by atoms with Crippen LogP contribution < -0.4 is 0 Å². The van der Waals surface area contributed by atoms with Crippen molar-refractivity contribution in [1.29, 1.82) is 0 Å². The highest BCUT2D eigenvalue weighted by Gasteiger charge is 2.19. The maximum atomic E-state index is 4.23. The van der Waals surface area contributed by atoms with E-state index < -0.39 is 0 Å². The fraction of sp³-hybridized carbons (Fsp3) is 0.0303. The van der Waals surface area contributed by atoms with E-state index in [1.165, 1.54) is 49.3 Å². The van der Waals surface area contributed by atoms with Gasteiger partial charge >= 0.3 is 0 Å². The third-order valence-electron chi connectivity index (χ3n) is 6.65. The van der Waals surface area contributed by atoms with E-state index >= 15 is 0 Å². The summed E-state index contributed by atoms with van der Waals surface area (Å²) in [5.41, 5.74) is 8.39. The van der Waals surface area contributed by atoms with Crippen molar-refractivity contribution < 1.29 is 0 Å². The van der Waals surface area contributed by atoms with Gasteiger partial charge in [0.25, 0.3) is 0 Å². The Labute approximate surface area is 199 Å². The van der Waals surface area contributed by atoms with Crippen molar-refractivity contribution in [2.24, 2.45) is 0 Å². The smallest absolute Gasteiger partial charge is 0.0619 e. The third kappa shape index (κ3) is 3.02. The first-order valence-electron chi connectivity index (χ1n) is 11.7. The lowest BCUT2D eigenvalue weighted by Gasteiger charge is -2.17. The summed E-state index contributed by atoms with van der Waals surface area (Å²) in [6, 6.07) is 37.0. The Balaban J connectivity index is 1.86. The molecule has 0 saturated heterocycles. The van der Waals surface area contributed by atoms with Gasteiger partial charge in [-0.15, -0.1) is 0 Å². The summed E-state index contributed by atoms with van der Waals surface area (Å²) in [7, 11) is 0. The van der Waals surface area contributed by atoms with Gasteiger partial charge in [0.2, 0.25) is 0 Å². The van der Waals surface area contributed by atoms with E-state index in [1.807, 2.05) is 6.08 Å². The Bertz CT molecular complexity index is 1710. The molecule has 6 aromatic rings. The van der Waals surface area contributed by atoms with Crippen molar-refractivity contribution >= 4 is 44.7 Å². The average molecular weight is 436 g/mol. The summed E-state index contributed by atoms with van der Waals surface area (Å²) < 4.78 is 2.41. The maximum Gasteiger partial charge on any atom is 0.0619 e. The lowest BCUT2D eigenvalue weighted by molar-refractivity contribution is 1.18. The highest BCUT2D eigenvalue weighted by Crippen LogP contribution is 2.43. The van der Waals surface area contributed by atoms with Gasteiger partial charge in [0.1, 0.15) is 0 Å². The molecular weight excluding hydrogens is 410 g/mol. The Morgan fingerprint density at radius 2 is 1.41 bits per heavy atom. The molecule has 0 aliphatic rings. The SMILES string of the molecule is C=Cc1c(/C=C\C)cc2ccccc2c1-c1cccc2c3ccccc3n(-c3ccccc3)c12. The van der Waals surface area contributed by atoms with E-state index in [1.54, 1.807) is 0 Å². The van der Waals surface area contributed by atoms with Crippen molar-refractivity contribution in [3.05, 3.63) is 127 Å². The van der Waals surface area contributed by atoms with Crippen molar-refractivity contribution in [2.45, 2.75) is 6.92 Å². The van der Waals surface area contributed by atoms with Gasteiger partial charge in [-0.1, -0.05) is 104 Å². The van der Waals surface area contributed by atoms with Gasteiger partial charge < -0.3 is 4.57 Å². The zero-order valence-electron chi connectivity index (χ0n) is 19.2. The number of hydrogen-bond donors (Lipinski definition) is 0. The third-order valence-corrected chi connectivity index (χ3v) is 6.65. The van der Waals surface area contributed by atoms with Crippen LogP contribution in [0.15, 0.2) is 116 Å². The van der Waals surface area contributed by atoms with Crippen LogP contribution in [0.4, 0.5) is 0 Å². The molecule has 5 aromatic carbocycles. The largest absolute Gasteiger partial charge is 0.309 e. The quantitative estimate of drug-likeness (QED) is 0.260. The van der Waals surface area contributed by atoms with Crippen molar-refractivity contribution in [3.63, 3.8) is 0 Å². The number of nitrogens with zero attached hydrogens (tertiary/aromatic N) is 1. The lowest BCUT2D eigenvalue weighted by atomic mass is 9.88. The Morgan fingerprint density at radius 3 is 2.21 bits per heavy atom. The molecule has 1 heterocycles.